The van der Waals surface area contributed by atoms with Gasteiger partial charge in [-0.3, -0.25) is 0 Å². The van der Waals surface area contributed by atoms with Gasteiger partial charge in [-0.15, -0.1) is 0 Å². The van der Waals surface area contributed by atoms with Crippen molar-refractivity contribution >= 4 is 43.5 Å². The molecule has 0 aliphatic heterocycles. The fourth-order valence-corrected chi connectivity index (χ4v) is 13.8. The van der Waals surface area contributed by atoms with E-state index in [2.05, 4.69) is 259 Å². The molecule has 2 heterocycles. The summed E-state index contributed by atoms with van der Waals surface area (Å²) in [7, 11) is 0. The molecule has 16 rings (SSSR count). The predicted octanol–water partition coefficient (Wildman–Crippen LogP) is 16.9. The van der Waals surface area contributed by atoms with Gasteiger partial charge >= 0.3 is 0 Å². The summed E-state index contributed by atoms with van der Waals surface area (Å²) in [6.45, 7) is 0. The molecule has 13 aromatic rings. The van der Waals surface area contributed by atoms with Gasteiger partial charge < -0.3 is 4.57 Å². The van der Waals surface area contributed by atoms with Crippen molar-refractivity contribution in [1.29, 1.82) is 0 Å². The second kappa shape index (κ2) is 14.2. The van der Waals surface area contributed by atoms with Crippen molar-refractivity contribution in [3.05, 3.63) is 299 Å². The third kappa shape index (κ3) is 4.89. The van der Waals surface area contributed by atoms with Gasteiger partial charge in [0.1, 0.15) is 0 Å². The van der Waals surface area contributed by atoms with Gasteiger partial charge in [0.15, 0.2) is 0 Å². The lowest BCUT2D eigenvalue weighted by atomic mass is 9.67. The Hall–Kier alpha value is -9.11. The minimum absolute atomic E-state index is 0.436. The lowest BCUT2D eigenvalue weighted by Crippen LogP contribution is -2.28. The second-order valence-corrected chi connectivity index (χ2v) is 19.6. The predicted molar refractivity (Wildman–Crippen MR) is 293 cm³/mol. The summed E-state index contributed by atoms with van der Waals surface area (Å²) in [5.74, 6) is 0. The van der Waals surface area contributed by atoms with Crippen LogP contribution >= 0.6 is 0 Å². The zero-order chi connectivity index (χ0) is 46.4. The Morgan fingerprint density at radius 2 is 0.859 bits per heavy atom. The van der Waals surface area contributed by atoms with Crippen LogP contribution in [-0.4, -0.2) is 9.55 Å². The highest BCUT2D eigenvalue weighted by Crippen LogP contribution is 2.64. The highest BCUT2D eigenvalue weighted by atomic mass is 15.0. The Bertz CT molecular complexity index is 4320. The standard InChI is InChI=1S/C69H42N2/c1-3-21-44(22-4-1)68(45-23-5-2-6-24-45)56-32-13-9-28-49(56)54-41-55-50-29-12-18-37-63(50)71(64(55)42-61(54)68)46-25-19-20-43(40-46)67-53-38-39-60-66(65(53)52-31-11-17-36-62(52)70-67)51-30-10-16-35-59(51)69(60)57-33-14-7-26-47(57)48-27-8-15-34-58(48)69/h1-42H. The van der Waals surface area contributed by atoms with Crippen LogP contribution in [0.15, 0.2) is 255 Å². The molecular weight excluding hydrogens is 857 g/mol. The molecule has 0 atom stereocenters. The summed E-state index contributed by atoms with van der Waals surface area (Å²) in [5.41, 5.74) is 23.9. The second-order valence-electron chi connectivity index (χ2n) is 19.6. The molecule has 3 aliphatic rings. The van der Waals surface area contributed by atoms with E-state index in [4.69, 9.17) is 4.98 Å². The number of rotatable bonds is 4. The first-order chi connectivity index (χ1) is 35.2. The number of hydrogen-bond donors (Lipinski definition) is 0. The van der Waals surface area contributed by atoms with E-state index in [9.17, 15) is 0 Å². The number of nitrogens with zero attached hydrogens (tertiary/aromatic N) is 2. The molecule has 0 fully saturated rings. The van der Waals surface area contributed by atoms with Crippen LogP contribution in [0, 0.1) is 0 Å². The molecule has 2 aromatic heterocycles. The quantitative estimate of drug-likeness (QED) is 0.161. The van der Waals surface area contributed by atoms with Crippen molar-refractivity contribution in [3.8, 4) is 50.3 Å². The van der Waals surface area contributed by atoms with Gasteiger partial charge in [-0.25, -0.2) is 4.98 Å². The van der Waals surface area contributed by atoms with Crippen LogP contribution in [0.25, 0.3) is 93.8 Å². The molecule has 71 heavy (non-hydrogen) atoms. The molecule has 11 aromatic carbocycles. The number of hydrogen-bond acceptors (Lipinski definition) is 1. The molecule has 2 heteroatoms. The molecule has 328 valence electrons. The van der Waals surface area contributed by atoms with Gasteiger partial charge in [-0.1, -0.05) is 218 Å². The number of aromatic nitrogens is 2. The van der Waals surface area contributed by atoms with Crippen molar-refractivity contribution in [2.24, 2.45) is 0 Å². The molecule has 0 amide bonds. The summed E-state index contributed by atoms with van der Waals surface area (Å²) in [6.07, 6.45) is 0. The van der Waals surface area contributed by atoms with Gasteiger partial charge in [-0.05, 0) is 114 Å². The zero-order valence-corrected chi connectivity index (χ0v) is 38.6. The largest absolute Gasteiger partial charge is 0.309 e. The monoisotopic (exact) mass is 898 g/mol. The highest BCUT2D eigenvalue weighted by Gasteiger charge is 2.52. The molecular formula is C69H42N2. The number of para-hydroxylation sites is 2. The average molecular weight is 899 g/mol. The van der Waals surface area contributed by atoms with E-state index in [1.807, 2.05) is 0 Å². The summed E-state index contributed by atoms with van der Waals surface area (Å²) in [6, 6.07) is 95.2. The Labute approximate surface area is 411 Å². The maximum absolute atomic E-state index is 5.61. The van der Waals surface area contributed by atoms with Crippen LogP contribution < -0.4 is 0 Å². The van der Waals surface area contributed by atoms with Gasteiger partial charge in [0.05, 0.1) is 33.1 Å². The minimum atomic E-state index is -0.514. The van der Waals surface area contributed by atoms with E-state index in [0.29, 0.717) is 0 Å². The fraction of sp³-hybridized carbons (Fsp3) is 0.0290. The Morgan fingerprint density at radius 1 is 0.310 bits per heavy atom. The van der Waals surface area contributed by atoms with Crippen molar-refractivity contribution in [1.82, 2.24) is 9.55 Å². The summed E-state index contributed by atoms with van der Waals surface area (Å²) >= 11 is 0. The Balaban J connectivity index is 0.959. The molecule has 3 aliphatic carbocycles. The van der Waals surface area contributed by atoms with Crippen LogP contribution in [-0.2, 0) is 10.8 Å². The van der Waals surface area contributed by atoms with Crippen molar-refractivity contribution in [2.45, 2.75) is 10.8 Å². The molecule has 0 saturated heterocycles. The van der Waals surface area contributed by atoms with Crippen LogP contribution in [0.2, 0.25) is 0 Å². The SMILES string of the molecule is c1ccc(C2(c3ccccc3)c3ccccc3-c3cc4c5ccccc5n(-c5cccc(-c6nc7ccccc7c7c8c(ccc67)C6(c7ccccc7-c7ccccc76)c6ccccc6-8)c5)c4cc32)cc1. The fourth-order valence-electron chi connectivity index (χ4n) is 13.8. The maximum atomic E-state index is 5.61. The smallest absolute Gasteiger partial charge is 0.0789 e. The Morgan fingerprint density at radius 3 is 1.55 bits per heavy atom. The normalized spacial score (nSPS) is 14.1. The van der Waals surface area contributed by atoms with Crippen LogP contribution in [0.5, 0.6) is 0 Å². The average Bonchev–Trinajstić information content (AvgIpc) is 4.14. The van der Waals surface area contributed by atoms with Gasteiger partial charge in [0.2, 0.25) is 0 Å². The topological polar surface area (TPSA) is 17.8 Å². The van der Waals surface area contributed by atoms with E-state index in [1.165, 1.54) is 110 Å². The summed E-state index contributed by atoms with van der Waals surface area (Å²) in [5, 5.41) is 6.05. The minimum Gasteiger partial charge on any atom is -0.309 e. The van der Waals surface area contributed by atoms with Gasteiger partial charge in [0.25, 0.3) is 0 Å². The molecule has 0 N–H and O–H groups in total. The maximum Gasteiger partial charge on any atom is 0.0789 e. The lowest BCUT2D eigenvalue weighted by Gasteiger charge is -2.34. The molecule has 0 bridgehead atoms. The number of fused-ring (bicyclic) bond motifs is 20. The van der Waals surface area contributed by atoms with Crippen LogP contribution in [0.4, 0.5) is 0 Å². The van der Waals surface area contributed by atoms with Crippen LogP contribution in [0.1, 0.15) is 44.5 Å². The van der Waals surface area contributed by atoms with Crippen molar-refractivity contribution in [2.75, 3.05) is 0 Å². The van der Waals surface area contributed by atoms with Gasteiger partial charge in [-0.2, -0.15) is 0 Å². The van der Waals surface area contributed by atoms with Gasteiger partial charge in [0, 0.05) is 38.2 Å². The molecule has 1 spiro atoms. The molecule has 0 saturated carbocycles. The Kier molecular flexibility index (Phi) is 7.78. The molecule has 0 radical (unpaired) electrons. The number of pyridine rings is 1. The molecule has 2 nitrogen and oxygen atoms in total. The third-order valence-electron chi connectivity index (χ3n) is 16.5. The van der Waals surface area contributed by atoms with Crippen molar-refractivity contribution < 1.29 is 0 Å². The van der Waals surface area contributed by atoms with Crippen LogP contribution in [0.3, 0.4) is 0 Å². The molecule has 0 unspecified atom stereocenters. The van der Waals surface area contributed by atoms with E-state index in [0.717, 1.165) is 27.8 Å². The van der Waals surface area contributed by atoms with E-state index >= 15 is 0 Å². The van der Waals surface area contributed by atoms with E-state index < -0.39 is 10.8 Å². The summed E-state index contributed by atoms with van der Waals surface area (Å²) in [4.78, 5) is 5.61. The first-order valence-electron chi connectivity index (χ1n) is 24.8. The summed E-state index contributed by atoms with van der Waals surface area (Å²) < 4.78 is 2.49. The first-order valence-corrected chi connectivity index (χ1v) is 24.8. The lowest BCUT2D eigenvalue weighted by molar-refractivity contribution is 0.769. The number of benzene rings is 11. The van der Waals surface area contributed by atoms with Crippen molar-refractivity contribution in [3.63, 3.8) is 0 Å². The zero-order valence-electron chi connectivity index (χ0n) is 38.6. The third-order valence-corrected chi connectivity index (χ3v) is 16.5. The van der Waals surface area contributed by atoms with E-state index in [1.54, 1.807) is 0 Å². The van der Waals surface area contributed by atoms with E-state index in [-0.39, 0.29) is 0 Å². The highest BCUT2D eigenvalue weighted by molar-refractivity contribution is 6.20. The first kappa shape index (κ1) is 38.8.